The Kier molecular flexibility index (Phi) is 5.27. The molecule has 0 N–H and O–H groups in total. The van der Waals surface area contributed by atoms with Crippen molar-refractivity contribution in [1.82, 2.24) is 0 Å². The van der Waals surface area contributed by atoms with Crippen LogP contribution in [0.5, 0.6) is 0 Å². The Morgan fingerprint density at radius 3 is 2.42 bits per heavy atom. The highest BCUT2D eigenvalue weighted by Gasteiger charge is 2.13. The van der Waals surface area contributed by atoms with E-state index in [1.165, 1.54) is 6.92 Å². The third kappa shape index (κ3) is 3.88. The van der Waals surface area contributed by atoms with Crippen molar-refractivity contribution < 1.29 is 14.5 Å². The number of ether oxygens (including phenoxy) is 1. The molecule has 0 aliphatic carbocycles. The molecule has 5 nitrogen and oxygen atoms in total. The van der Waals surface area contributed by atoms with Gasteiger partial charge in [0.25, 0.3) is 0 Å². The highest BCUT2D eigenvalue weighted by atomic mass is 16.6. The van der Waals surface area contributed by atoms with Crippen LogP contribution in [0.15, 0.2) is 60.3 Å². The molecule has 3 rings (SSSR count). The van der Waals surface area contributed by atoms with E-state index >= 15 is 0 Å². The minimum absolute atomic E-state index is 0.109. The van der Waals surface area contributed by atoms with Crippen LogP contribution in [0, 0.1) is 10.1 Å². The maximum atomic E-state index is 11.5. The predicted molar refractivity (Wildman–Crippen MR) is 102 cm³/mol. The van der Waals surface area contributed by atoms with E-state index in [0.717, 1.165) is 27.1 Å². The number of nitro groups is 1. The topological polar surface area (TPSA) is 69.4 Å². The molecule has 0 saturated heterocycles. The molecule has 26 heavy (non-hydrogen) atoms. The average molecular weight is 349 g/mol. The first-order chi connectivity index (χ1) is 12.6. The Hall–Kier alpha value is -3.21. The second-order valence-corrected chi connectivity index (χ2v) is 6.07. The summed E-state index contributed by atoms with van der Waals surface area (Å²) in [5.74, 6) is -0.378. The molecule has 0 atom stereocenters. The lowest BCUT2D eigenvalue weighted by Crippen LogP contribution is -2.04. The van der Waals surface area contributed by atoms with E-state index in [9.17, 15) is 14.9 Å². The molecule has 0 bridgehead atoms. The molecule has 0 amide bonds. The highest BCUT2D eigenvalue weighted by molar-refractivity contribution is 6.10. The molecular weight excluding hydrogens is 330 g/mol. The third-order valence-corrected chi connectivity index (χ3v) is 4.24. The van der Waals surface area contributed by atoms with Gasteiger partial charge in [0.15, 0.2) is 0 Å². The zero-order valence-electron chi connectivity index (χ0n) is 14.5. The van der Waals surface area contributed by atoms with Crippen LogP contribution in [0.1, 0.15) is 25.3 Å². The molecule has 0 aliphatic heterocycles. The minimum Gasteiger partial charge on any atom is -0.466 e. The van der Waals surface area contributed by atoms with Gasteiger partial charge in [-0.25, -0.2) is 0 Å². The van der Waals surface area contributed by atoms with Crippen molar-refractivity contribution in [2.75, 3.05) is 6.61 Å². The molecule has 0 heterocycles. The summed E-state index contributed by atoms with van der Waals surface area (Å²) in [7, 11) is 0. The van der Waals surface area contributed by atoms with E-state index in [1.807, 2.05) is 48.5 Å². The van der Waals surface area contributed by atoms with Gasteiger partial charge in [-0.1, -0.05) is 48.5 Å². The first-order valence-electron chi connectivity index (χ1n) is 8.45. The van der Waals surface area contributed by atoms with Gasteiger partial charge in [0.1, 0.15) is 0 Å². The molecule has 132 valence electrons. The summed E-state index contributed by atoms with van der Waals surface area (Å²) in [5.41, 5.74) is 0.927. The number of fused-ring (bicyclic) bond motifs is 3. The van der Waals surface area contributed by atoms with E-state index in [0.29, 0.717) is 6.42 Å². The SMILES string of the molecule is CC(=O)OCCC/C(=C/c1cc2ccccc2c2ccccc12)[N+](=O)[O-]. The second kappa shape index (κ2) is 7.78. The van der Waals surface area contributed by atoms with Crippen LogP contribution in [0.4, 0.5) is 0 Å². The lowest BCUT2D eigenvalue weighted by molar-refractivity contribution is -0.426. The van der Waals surface area contributed by atoms with Crippen LogP contribution < -0.4 is 0 Å². The van der Waals surface area contributed by atoms with Gasteiger partial charge in [0.05, 0.1) is 11.5 Å². The highest BCUT2D eigenvalue weighted by Crippen LogP contribution is 2.30. The fraction of sp³-hybridized carbons (Fsp3) is 0.190. The van der Waals surface area contributed by atoms with Crippen molar-refractivity contribution in [2.24, 2.45) is 0 Å². The summed E-state index contributed by atoms with van der Waals surface area (Å²) in [6.07, 6.45) is 2.28. The minimum atomic E-state index is -0.378. The maximum absolute atomic E-state index is 11.5. The number of hydrogen-bond donors (Lipinski definition) is 0. The number of nitrogens with zero attached hydrogens (tertiary/aromatic N) is 1. The molecular formula is C21H19NO4. The van der Waals surface area contributed by atoms with Gasteiger partial charge in [0, 0.05) is 19.4 Å². The number of benzene rings is 3. The summed E-state index contributed by atoms with van der Waals surface area (Å²) in [4.78, 5) is 21.9. The van der Waals surface area contributed by atoms with Gasteiger partial charge < -0.3 is 4.74 Å². The lowest BCUT2D eigenvalue weighted by atomic mass is 9.96. The van der Waals surface area contributed by atoms with Crippen LogP contribution in [-0.4, -0.2) is 17.5 Å². The number of carbonyl (C=O) groups is 1. The largest absolute Gasteiger partial charge is 0.466 e. The number of hydrogen-bond acceptors (Lipinski definition) is 4. The van der Waals surface area contributed by atoms with E-state index in [2.05, 4.69) is 6.07 Å². The van der Waals surface area contributed by atoms with Gasteiger partial charge in [-0.3, -0.25) is 14.9 Å². The number of allylic oxidation sites excluding steroid dienone is 1. The average Bonchev–Trinajstić information content (AvgIpc) is 2.63. The number of rotatable bonds is 6. The molecule has 0 fully saturated rings. The van der Waals surface area contributed by atoms with Crippen molar-refractivity contribution in [1.29, 1.82) is 0 Å². The van der Waals surface area contributed by atoms with E-state index in [-0.39, 0.29) is 29.6 Å². The summed E-state index contributed by atoms with van der Waals surface area (Å²) >= 11 is 0. The van der Waals surface area contributed by atoms with Gasteiger partial charge in [-0.05, 0) is 39.6 Å². The molecule has 0 aromatic heterocycles. The van der Waals surface area contributed by atoms with E-state index in [1.54, 1.807) is 6.08 Å². The van der Waals surface area contributed by atoms with E-state index in [4.69, 9.17) is 4.74 Å². The summed E-state index contributed by atoms with van der Waals surface area (Å²) < 4.78 is 4.86. The van der Waals surface area contributed by atoms with Crippen LogP contribution in [-0.2, 0) is 9.53 Å². The summed E-state index contributed by atoms with van der Waals surface area (Å²) in [6.45, 7) is 1.50. The van der Waals surface area contributed by atoms with Gasteiger partial charge in [-0.2, -0.15) is 0 Å². The van der Waals surface area contributed by atoms with Crippen molar-refractivity contribution in [2.45, 2.75) is 19.8 Å². The van der Waals surface area contributed by atoms with Crippen LogP contribution >= 0.6 is 0 Å². The summed E-state index contributed by atoms with van der Waals surface area (Å²) in [5, 5.41) is 15.7. The van der Waals surface area contributed by atoms with Crippen molar-refractivity contribution in [3.05, 3.63) is 76.0 Å². The first-order valence-corrected chi connectivity index (χ1v) is 8.45. The molecule has 0 radical (unpaired) electrons. The fourth-order valence-corrected chi connectivity index (χ4v) is 3.07. The molecule has 0 unspecified atom stereocenters. The first kappa shape index (κ1) is 17.6. The fourth-order valence-electron chi connectivity index (χ4n) is 3.07. The van der Waals surface area contributed by atoms with Gasteiger partial charge in [0.2, 0.25) is 5.70 Å². The van der Waals surface area contributed by atoms with Gasteiger partial charge >= 0.3 is 5.97 Å². The van der Waals surface area contributed by atoms with Crippen molar-refractivity contribution in [3.63, 3.8) is 0 Å². The predicted octanol–water partition coefficient (Wildman–Crippen LogP) is 4.95. The van der Waals surface area contributed by atoms with Crippen molar-refractivity contribution >= 4 is 33.6 Å². The summed E-state index contributed by atoms with van der Waals surface area (Å²) in [6, 6.07) is 17.9. The maximum Gasteiger partial charge on any atom is 0.302 e. The standard InChI is InChI=1S/C21H19NO4/c1-15(23)26-12-6-8-18(22(24)25)14-17-13-16-7-2-3-9-19(16)21-11-5-4-10-20(17)21/h2-5,7,9-11,13-14H,6,8,12H2,1H3/b18-14-. The lowest BCUT2D eigenvalue weighted by Gasteiger charge is -2.08. The molecule has 0 spiro atoms. The number of carbonyl (C=O) groups excluding carboxylic acids is 1. The Morgan fingerprint density at radius 2 is 1.73 bits per heavy atom. The Labute approximate surface area is 151 Å². The quantitative estimate of drug-likeness (QED) is 0.207. The Bertz CT molecular complexity index is 1010. The Balaban J connectivity index is 2.02. The third-order valence-electron chi connectivity index (χ3n) is 4.24. The van der Waals surface area contributed by atoms with Gasteiger partial charge in [-0.15, -0.1) is 0 Å². The zero-order valence-corrected chi connectivity index (χ0v) is 14.5. The Morgan fingerprint density at radius 1 is 1.08 bits per heavy atom. The number of esters is 1. The normalized spacial score (nSPS) is 11.7. The van der Waals surface area contributed by atoms with Crippen LogP contribution in [0.25, 0.3) is 27.6 Å². The van der Waals surface area contributed by atoms with Crippen LogP contribution in [0.3, 0.4) is 0 Å². The molecule has 3 aromatic carbocycles. The zero-order chi connectivity index (χ0) is 18.5. The molecule has 0 saturated carbocycles. The molecule has 5 heteroatoms. The van der Waals surface area contributed by atoms with E-state index < -0.39 is 0 Å². The smallest absolute Gasteiger partial charge is 0.302 e. The molecule has 3 aromatic rings. The second-order valence-electron chi connectivity index (χ2n) is 6.07. The monoisotopic (exact) mass is 349 g/mol. The molecule has 0 aliphatic rings. The van der Waals surface area contributed by atoms with Crippen LogP contribution in [0.2, 0.25) is 0 Å². The van der Waals surface area contributed by atoms with Crippen molar-refractivity contribution in [3.8, 4) is 0 Å².